The average molecular weight is 376 g/mol. The van der Waals surface area contributed by atoms with Crippen LogP contribution in [0.25, 0.3) is 0 Å². The topological polar surface area (TPSA) is 67.6 Å². The molecule has 0 aromatic heterocycles. The van der Waals surface area contributed by atoms with Crippen molar-refractivity contribution in [3.63, 3.8) is 0 Å². The minimum atomic E-state index is -0.296. The molecule has 0 spiro atoms. The Kier molecular flexibility index (Phi) is 7.07. The van der Waals surface area contributed by atoms with Gasteiger partial charge in [0.05, 0.1) is 11.0 Å². The molecular weight excluding hydrogens is 342 g/mol. The molecule has 0 radical (unpaired) electrons. The number of anilines is 1. The number of nitrogens with zero attached hydrogens (tertiary/aromatic N) is 2. The van der Waals surface area contributed by atoms with Gasteiger partial charge in [0.25, 0.3) is 5.69 Å². The van der Waals surface area contributed by atoms with Crippen molar-refractivity contribution in [2.75, 3.05) is 25.0 Å². The van der Waals surface area contributed by atoms with Crippen molar-refractivity contribution in [2.24, 2.45) is 0 Å². The maximum atomic E-state index is 11.3. The second-order valence-electron chi connectivity index (χ2n) is 8.05. The average Bonchev–Trinajstić information content (AvgIpc) is 2.67. The van der Waals surface area contributed by atoms with E-state index in [9.17, 15) is 10.1 Å². The third kappa shape index (κ3) is 5.42. The lowest BCUT2D eigenvalue weighted by Crippen LogP contribution is -2.47. The van der Waals surface area contributed by atoms with Crippen LogP contribution in [0, 0.1) is 17.0 Å². The first-order valence-corrected chi connectivity index (χ1v) is 10.4. The summed E-state index contributed by atoms with van der Waals surface area (Å²) in [5.74, 6) is 0. The molecule has 1 saturated heterocycles. The molecule has 3 rings (SSSR count). The van der Waals surface area contributed by atoms with Gasteiger partial charge in [-0.3, -0.25) is 10.1 Å². The zero-order valence-electron chi connectivity index (χ0n) is 16.7. The molecule has 1 saturated carbocycles. The van der Waals surface area contributed by atoms with Crippen LogP contribution in [-0.4, -0.2) is 47.7 Å². The van der Waals surface area contributed by atoms with Crippen LogP contribution in [0.4, 0.5) is 11.4 Å². The molecule has 2 aliphatic rings. The number of aryl methyl sites for hydroxylation is 1. The largest absolute Gasteiger partial charge is 0.378 e. The van der Waals surface area contributed by atoms with Gasteiger partial charge in [-0.15, -0.1) is 0 Å². The fourth-order valence-corrected chi connectivity index (χ4v) is 4.44. The SMILES string of the molecule is CCCOC1CCCC(N2CCC(Nc3cc(C)ccc3[N+](=O)[O-])CC2)C1. The first-order chi connectivity index (χ1) is 13.1. The maximum Gasteiger partial charge on any atom is 0.292 e. The number of nitro groups is 1. The number of likely N-dealkylation sites (tertiary alicyclic amines) is 1. The van der Waals surface area contributed by atoms with Crippen molar-refractivity contribution in [2.45, 2.75) is 77.0 Å². The van der Waals surface area contributed by atoms with E-state index in [4.69, 9.17) is 4.74 Å². The molecule has 0 amide bonds. The van der Waals surface area contributed by atoms with Crippen molar-refractivity contribution >= 4 is 11.4 Å². The molecular formula is C21H33N3O3. The molecule has 1 aliphatic heterocycles. The zero-order chi connectivity index (χ0) is 19.2. The number of hydrogen-bond acceptors (Lipinski definition) is 5. The molecule has 27 heavy (non-hydrogen) atoms. The van der Waals surface area contributed by atoms with E-state index in [2.05, 4.69) is 17.1 Å². The molecule has 2 atom stereocenters. The molecule has 1 N–H and O–H groups in total. The summed E-state index contributed by atoms with van der Waals surface area (Å²) in [5, 5.41) is 14.7. The number of hydrogen-bond donors (Lipinski definition) is 1. The Bertz CT molecular complexity index is 629. The van der Waals surface area contributed by atoms with E-state index in [1.807, 2.05) is 13.0 Å². The van der Waals surface area contributed by atoms with Crippen LogP contribution in [-0.2, 0) is 4.74 Å². The Labute approximate surface area is 162 Å². The van der Waals surface area contributed by atoms with E-state index in [0.29, 0.717) is 23.9 Å². The van der Waals surface area contributed by atoms with Crippen molar-refractivity contribution < 1.29 is 9.66 Å². The molecule has 0 bridgehead atoms. The minimum absolute atomic E-state index is 0.172. The fraction of sp³-hybridized carbons (Fsp3) is 0.714. The van der Waals surface area contributed by atoms with E-state index in [-0.39, 0.29) is 10.6 Å². The lowest BCUT2D eigenvalue weighted by Gasteiger charge is -2.41. The molecule has 6 heteroatoms. The van der Waals surface area contributed by atoms with Crippen LogP contribution in [0.2, 0.25) is 0 Å². The van der Waals surface area contributed by atoms with Gasteiger partial charge in [-0.2, -0.15) is 0 Å². The highest BCUT2D eigenvalue weighted by atomic mass is 16.6. The Balaban J connectivity index is 1.52. The predicted molar refractivity (Wildman–Crippen MR) is 108 cm³/mol. The molecule has 1 heterocycles. The predicted octanol–water partition coefficient (Wildman–Crippen LogP) is 4.52. The van der Waals surface area contributed by atoms with Crippen LogP contribution in [0.3, 0.4) is 0 Å². The summed E-state index contributed by atoms with van der Waals surface area (Å²) >= 11 is 0. The Morgan fingerprint density at radius 3 is 2.74 bits per heavy atom. The monoisotopic (exact) mass is 375 g/mol. The highest BCUT2D eigenvalue weighted by molar-refractivity contribution is 5.63. The molecule has 6 nitrogen and oxygen atoms in total. The molecule has 150 valence electrons. The van der Waals surface area contributed by atoms with E-state index in [1.165, 1.54) is 19.3 Å². The van der Waals surface area contributed by atoms with Gasteiger partial charge in [-0.1, -0.05) is 13.0 Å². The summed E-state index contributed by atoms with van der Waals surface area (Å²) in [5.41, 5.74) is 1.87. The number of piperidine rings is 1. The van der Waals surface area contributed by atoms with Crippen LogP contribution < -0.4 is 5.32 Å². The van der Waals surface area contributed by atoms with Crippen LogP contribution >= 0.6 is 0 Å². The van der Waals surface area contributed by atoms with Gasteiger partial charge in [-0.05, 0) is 63.5 Å². The number of nitrogens with one attached hydrogen (secondary N) is 1. The van der Waals surface area contributed by atoms with Gasteiger partial charge in [-0.25, -0.2) is 0 Å². The quantitative estimate of drug-likeness (QED) is 0.561. The van der Waals surface area contributed by atoms with E-state index in [1.54, 1.807) is 12.1 Å². The Morgan fingerprint density at radius 1 is 1.26 bits per heavy atom. The van der Waals surface area contributed by atoms with Crippen molar-refractivity contribution in [3.8, 4) is 0 Å². The smallest absolute Gasteiger partial charge is 0.292 e. The van der Waals surface area contributed by atoms with E-state index in [0.717, 1.165) is 50.9 Å². The number of benzene rings is 1. The molecule has 1 aromatic rings. The van der Waals surface area contributed by atoms with Crippen molar-refractivity contribution in [3.05, 3.63) is 33.9 Å². The van der Waals surface area contributed by atoms with Crippen LogP contribution in [0.1, 0.15) is 57.4 Å². The lowest BCUT2D eigenvalue weighted by atomic mass is 9.90. The fourth-order valence-electron chi connectivity index (χ4n) is 4.44. The third-order valence-electron chi connectivity index (χ3n) is 5.91. The van der Waals surface area contributed by atoms with Crippen molar-refractivity contribution in [1.29, 1.82) is 0 Å². The maximum absolute atomic E-state index is 11.3. The Hall–Kier alpha value is -1.66. The van der Waals surface area contributed by atoms with E-state index >= 15 is 0 Å². The van der Waals surface area contributed by atoms with Gasteiger partial charge < -0.3 is 15.0 Å². The van der Waals surface area contributed by atoms with Gasteiger partial charge in [0.2, 0.25) is 0 Å². The second kappa shape index (κ2) is 9.51. The molecule has 1 aromatic carbocycles. The minimum Gasteiger partial charge on any atom is -0.378 e. The lowest BCUT2D eigenvalue weighted by molar-refractivity contribution is -0.384. The highest BCUT2D eigenvalue weighted by Gasteiger charge is 2.30. The third-order valence-corrected chi connectivity index (χ3v) is 5.91. The second-order valence-corrected chi connectivity index (χ2v) is 8.05. The van der Waals surface area contributed by atoms with Crippen LogP contribution in [0.15, 0.2) is 18.2 Å². The van der Waals surface area contributed by atoms with Crippen LogP contribution in [0.5, 0.6) is 0 Å². The van der Waals surface area contributed by atoms with Crippen molar-refractivity contribution in [1.82, 2.24) is 4.90 Å². The first-order valence-electron chi connectivity index (χ1n) is 10.4. The number of rotatable bonds is 7. The molecule has 1 aliphatic carbocycles. The Morgan fingerprint density at radius 2 is 2.04 bits per heavy atom. The van der Waals surface area contributed by atoms with Gasteiger partial charge in [0.15, 0.2) is 0 Å². The highest BCUT2D eigenvalue weighted by Crippen LogP contribution is 2.30. The summed E-state index contributed by atoms with van der Waals surface area (Å²) in [6, 6.07) is 6.23. The van der Waals surface area contributed by atoms with Gasteiger partial charge in [0.1, 0.15) is 5.69 Å². The van der Waals surface area contributed by atoms with Gasteiger partial charge >= 0.3 is 0 Å². The summed E-state index contributed by atoms with van der Waals surface area (Å²) in [7, 11) is 0. The summed E-state index contributed by atoms with van der Waals surface area (Å²) in [6.07, 6.45) is 8.45. The standard InChI is InChI=1S/C21H33N3O3/c1-3-13-27-19-6-4-5-18(15-19)23-11-9-17(10-12-23)22-20-14-16(2)7-8-21(20)24(25)26/h7-8,14,17-19,22H,3-6,9-13,15H2,1-2H3. The number of ether oxygens (including phenoxy) is 1. The number of nitro benzene ring substituents is 1. The van der Waals surface area contributed by atoms with Gasteiger partial charge in [0, 0.05) is 37.8 Å². The normalized spacial score (nSPS) is 24.7. The molecule has 2 fully saturated rings. The first kappa shape index (κ1) is 20.1. The molecule has 2 unspecified atom stereocenters. The zero-order valence-corrected chi connectivity index (χ0v) is 16.7. The summed E-state index contributed by atoms with van der Waals surface area (Å²) < 4.78 is 6.00. The summed E-state index contributed by atoms with van der Waals surface area (Å²) in [6.45, 7) is 7.12. The summed E-state index contributed by atoms with van der Waals surface area (Å²) in [4.78, 5) is 13.6. The van der Waals surface area contributed by atoms with E-state index < -0.39 is 0 Å².